The summed E-state index contributed by atoms with van der Waals surface area (Å²) in [5.41, 5.74) is 3.99. The highest BCUT2D eigenvalue weighted by atomic mass is 35.5. The van der Waals surface area contributed by atoms with Gasteiger partial charge in [-0.25, -0.2) is 8.42 Å². The summed E-state index contributed by atoms with van der Waals surface area (Å²) in [5.74, 6) is 1.12. The molecule has 0 amide bonds. The van der Waals surface area contributed by atoms with Gasteiger partial charge < -0.3 is 16.0 Å². The number of nitrogens with zero attached hydrogens (tertiary/aromatic N) is 4. The predicted octanol–water partition coefficient (Wildman–Crippen LogP) is 5.22. The van der Waals surface area contributed by atoms with Crippen LogP contribution in [0.4, 0.5) is 23.3 Å². The first-order valence-corrected chi connectivity index (χ1v) is 14.3. The normalized spacial score (nSPS) is 14.8. The Balaban J connectivity index is 1.49. The molecule has 0 aliphatic carbocycles. The summed E-state index contributed by atoms with van der Waals surface area (Å²) < 4.78 is 27.4. The number of hydrogen-bond acceptors (Lipinski definition) is 8. The van der Waals surface area contributed by atoms with Crippen molar-refractivity contribution in [1.29, 1.82) is 0 Å². The third-order valence-corrected chi connectivity index (χ3v) is 9.22. The number of nitrogens with one attached hydrogen (secondary N) is 3. The van der Waals surface area contributed by atoms with Crippen LogP contribution in [0.15, 0.2) is 53.6 Å². The highest BCUT2D eigenvalue weighted by molar-refractivity contribution is 7.92. The van der Waals surface area contributed by atoms with E-state index in [0.717, 1.165) is 42.2 Å². The molecule has 0 radical (unpaired) electrons. The molecule has 0 saturated carbocycles. The molecule has 2 aromatic carbocycles. The summed E-state index contributed by atoms with van der Waals surface area (Å²) in [7, 11) is -3.52. The van der Waals surface area contributed by atoms with E-state index in [4.69, 9.17) is 11.6 Å². The average Bonchev–Trinajstić information content (AvgIpc) is 3.36. The lowest BCUT2D eigenvalue weighted by Crippen LogP contribution is -2.26. The monoisotopic (exact) mass is 539 g/mol. The van der Waals surface area contributed by atoms with Gasteiger partial charge >= 0.3 is 0 Å². The quantitative estimate of drug-likeness (QED) is 0.293. The van der Waals surface area contributed by atoms with Gasteiger partial charge in [0.05, 0.1) is 22.0 Å². The van der Waals surface area contributed by atoms with Gasteiger partial charge in [0.15, 0.2) is 15.5 Å². The molecule has 37 heavy (non-hydrogen) atoms. The zero-order chi connectivity index (χ0) is 26.2. The second-order valence-electron chi connectivity index (χ2n) is 9.52. The summed E-state index contributed by atoms with van der Waals surface area (Å²) in [5, 5.41) is 14.3. The number of aromatic nitrogens is 4. The molecule has 194 valence electrons. The maximum atomic E-state index is 13.0. The molecule has 1 saturated heterocycles. The van der Waals surface area contributed by atoms with Crippen molar-refractivity contribution in [1.82, 2.24) is 24.9 Å². The Labute approximate surface area is 221 Å². The van der Waals surface area contributed by atoms with Gasteiger partial charge in [0, 0.05) is 16.8 Å². The van der Waals surface area contributed by atoms with Crippen LogP contribution in [0.3, 0.4) is 0 Å². The topological polar surface area (TPSA) is 113 Å². The van der Waals surface area contributed by atoms with Crippen molar-refractivity contribution in [3.8, 4) is 0 Å². The Morgan fingerprint density at radius 2 is 1.81 bits per heavy atom. The van der Waals surface area contributed by atoms with E-state index >= 15 is 0 Å². The molecular weight excluding hydrogens is 510 g/mol. The number of halogens is 1. The minimum atomic E-state index is -3.52. The molecule has 3 heterocycles. The lowest BCUT2D eigenvalue weighted by molar-refractivity contribution is 0.460. The number of aryl methyl sites for hydroxylation is 1. The number of piperidine rings is 1. The second-order valence-corrected chi connectivity index (χ2v) is 12.4. The van der Waals surface area contributed by atoms with E-state index in [0.29, 0.717) is 29.1 Å². The number of anilines is 4. The van der Waals surface area contributed by atoms with Crippen LogP contribution in [-0.2, 0) is 9.84 Å². The molecule has 1 aliphatic rings. The third kappa shape index (κ3) is 5.14. The lowest BCUT2D eigenvalue weighted by Gasteiger charge is -2.25. The van der Waals surface area contributed by atoms with Crippen LogP contribution in [0.1, 0.15) is 43.7 Å². The molecule has 4 aromatic rings. The summed E-state index contributed by atoms with van der Waals surface area (Å²) >= 11 is 6.72. The van der Waals surface area contributed by atoms with Gasteiger partial charge in [-0.2, -0.15) is 19.6 Å². The van der Waals surface area contributed by atoms with Gasteiger partial charge in [0.1, 0.15) is 0 Å². The molecule has 0 unspecified atom stereocenters. The molecule has 5 rings (SSSR count). The van der Waals surface area contributed by atoms with E-state index in [1.165, 1.54) is 10.1 Å². The van der Waals surface area contributed by atoms with Crippen molar-refractivity contribution in [3.05, 3.63) is 64.8 Å². The van der Waals surface area contributed by atoms with Crippen LogP contribution in [-0.4, -0.2) is 46.3 Å². The smallest absolute Gasteiger partial charge is 0.233 e. The fraction of sp³-hybridized carbons (Fsp3) is 0.346. The Kier molecular flexibility index (Phi) is 7.06. The van der Waals surface area contributed by atoms with Crippen molar-refractivity contribution in [3.63, 3.8) is 0 Å². The molecule has 0 spiro atoms. The Morgan fingerprint density at radius 3 is 2.57 bits per heavy atom. The Bertz CT molecular complexity index is 1550. The SMILES string of the molecule is Cc1cc(C2CCNCC2)c(Cl)cc1Nc1nc(Nc2ccccc2S(=O)(=O)C(C)C)n2nccc2n1. The largest absolute Gasteiger partial charge is 0.324 e. The Morgan fingerprint density at radius 1 is 1.05 bits per heavy atom. The standard InChI is InChI=1S/C26H30ClN7O2S/c1-16(2)37(35,36)23-7-5-4-6-21(23)31-26-33-25(32-24-10-13-29-34(24)26)30-22-15-20(27)19(14-17(22)3)18-8-11-28-12-9-18/h4-7,10,13-16,18,28H,8-9,11-12H2,1-3H3,(H2,30,31,32,33). The minimum Gasteiger partial charge on any atom is -0.324 e. The molecule has 11 heteroatoms. The first kappa shape index (κ1) is 25.4. The number of benzene rings is 2. The molecular formula is C26H30ClN7O2S. The van der Waals surface area contributed by atoms with Gasteiger partial charge in [-0.1, -0.05) is 29.8 Å². The first-order chi connectivity index (χ1) is 17.7. The summed E-state index contributed by atoms with van der Waals surface area (Å²) in [6.07, 6.45) is 3.75. The van der Waals surface area contributed by atoms with Crippen molar-refractivity contribution >= 4 is 50.4 Å². The van der Waals surface area contributed by atoms with Gasteiger partial charge in [-0.05, 0) is 81.9 Å². The van der Waals surface area contributed by atoms with Gasteiger partial charge in [0.2, 0.25) is 11.9 Å². The summed E-state index contributed by atoms with van der Waals surface area (Å²) in [6.45, 7) is 7.35. The number of fused-ring (bicyclic) bond motifs is 1. The number of para-hydroxylation sites is 1. The minimum absolute atomic E-state index is 0.203. The van der Waals surface area contributed by atoms with Crippen molar-refractivity contribution in [2.75, 3.05) is 23.7 Å². The second kappa shape index (κ2) is 10.3. The zero-order valence-corrected chi connectivity index (χ0v) is 22.6. The molecule has 1 aliphatic heterocycles. The zero-order valence-electron chi connectivity index (χ0n) is 21.0. The van der Waals surface area contributed by atoms with Gasteiger partial charge in [-0.15, -0.1) is 0 Å². The fourth-order valence-electron chi connectivity index (χ4n) is 4.56. The van der Waals surface area contributed by atoms with Crippen LogP contribution >= 0.6 is 11.6 Å². The highest BCUT2D eigenvalue weighted by Gasteiger charge is 2.24. The van der Waals surface area contributed by atoms with Gasteiger partial charge in [0.25, 0.3) is 0 Å². The average molecular weight is 540 g/mol. The summed E-state index contributed by atoms with van der Waals surface area (Å²) in [6, 6.07) is 12.6. The molecule has 0 atom stereocenters. The van der Waals surface area contributed by atoms with Crippen molar-refractivity contribution in [2.45, 2.75) is 49.7 Å². The fourth-order valence-corrected chi connectivity index (χ4v) is 6.08. The van der Waals surface area contributed by atoms with E-state index < -0.39 is 15.1 Å². The van der Waals surface area contributed by atoms with E-state index in [1.54, 1.807) is 50.4 Å². The molecule has 9 nitrogen and oxygen atoms in total. The number of sulfone groups is 1. The maximum Gasteiger partial charge on any atom is 0.233 e. The van der Waals surface area contributed by atoms with E-state index in [2.05, 4.69) is 37.1 Å². The van der Waals surface area contributed by atoms with Crippen LogP contribution < -0.4 is 16.0 Å². The molecule has 1 fully saturated rings. The number of rotatable bonds is 7. The highest BCUT2D eigenvalue weighted by Crippen LogP contribution is 2.35. The van der Waals surface area contributed by atoms with E-state index in [-0.39, 0.29) is 4.90 Å². The predicted molar refractivity (Wildman–Crippen MR) is 147 cm³/mol. The summed E-state index contributed by atoms with van der Waals surface area (Å²) in [4.78, 5) is 9.42. The molecule has 2 aromatic heterocycles. The van der Waals surface area contributed by atoms with Crippen LogP contribution in [0.5, 0.6) is 0 Å². The maximum absolute atomic E-state index is 13.0. The van der Waals surface area contributed by atoms with E-state index in [1.807, 2.05) is 13.0 Å². The number of hydrogen-bond donors (Lipinski definition) is 3. The third-order valence-electron chi connectivity index (χ3n) is 6.69. The van der Waals surface area contributed by atoms with Crippen LogP contribution in [0.2, 0.25) is 5.02 Å². The Hall–Kier alpha value is -3.21. The van der Waals surface area contributed by atoms with Crippen LogP contribution in [0, 0.1) is 6.92 Å². The first-order valence-electron chi connectivity index (χ1n) is 12.3. The molecule has 3 N–H and O–H groups in total. The van der Waals surface area contributed by atoms with Crippen molar-refractivity contribution in [2.24, 2.45) is 0 Å². The van der Waals surface area contributed by atoms with Gasteiger partial charge in [-0.3, -0.25) is 0 Å². The lowest BCUT2D eigenvalue weighted by atomic mass is 9.89. The van der Waals surface area contributed by atoms with Crippen molar-refractivity contribution < 1.29 is 8.42 Å². The van der Waals surface area contributed by atoms with Crippen LogP contribution in [0.25, 0.3) is 5.65 Å². The van der Waals surface area contributed by atoms with E-state index in [9.17, 15) is 8.42 Å². The molecule has 0 bridgehead atoms.